The lowest BCUT2D eigenvalue weighted by atomic mass is 9.78. The van der Waals surface area contributed by atoms with Gasteiger partial charge in [0, 0.05) is 11.2 Å². The van der Waals surface area contributed by atoms with Crippen molar-refractivity contribution in [1.29, 1.82) is 0 Å². The maximum atomic E-state index is 3.70. The van der Waals surface area contributed by atoms with Crippen LogP contribution in [0.25, 0.3) is 21.9 Å². The molecular weight excluding hydrogens is 296 g/mol. The lowest BCUT2D eigenvalue weighted by Gasteiger charge is -2.27. The third-order valence-corrected chi connectivity index (χ3v) is 4.74. The first-order valence-electron chi connectivity index (χ1n) is 6.57. The van der Waals surface area contributed by atoms with E-state index in [-0.39, 0.29) is 0 Å². The summed E-state index contributed by atoms with van der Waals surface area (Å²) in [6.07, 6.45) is 0. The van der Waals surface area contributed by atoms with Gasteiger partial charge in [-0.3, -0.25) is 0 Å². The quantitative estimate of drug-likeness (QED) is 0.532. The van der Waals surface area contributed by atoms with Crippen LogP contribution in [0, 0.1) is 0 Å². The van der Waals surface area contributed by atoms with E-state index in [1.165, 1.54) is 33.0 Å². The molecule has 0 bridgehead atoms. The Bertz CT molecular complexity index is 768. The highest BCUT2D eigenvalue weighted by molar-refractivity contribution is 9.09. The van der Waals surface area contributed by atoms with Crippen molar-refractivity contribution in [2.24, 2.45) is 0 Å². The highest BCUT2D eigenvalue weighted by Gasteiger charge is 2.25. The molecule has 0 aromatic heterocycles. The molecule has 1 heteroatoms. The first kappa shape index (κ1) is 11.2. The summed E-state index contributed by atoms with van der Waals surface area (Å²) in [6, 6.07) is 22.1. The second kappa shape index (κ2) is 4.21. The molecule has 3 aromatic carbocycles. The molecule has 92 valence electrons. The third-order valence-electron chi connectivity index (χ3n) is 4.09. The van der Waals surface area contributed by atoms with E-state index in [0.29, 0.717) is 5.92 Å². The van der Waals surface area contributed by atoms with E-state index in [1.807, 2.05) is 0 Å². The summed E-state index contributed by atoms with van der Waals surface area (Å²) < 4.78 is 0. The zero-order valence-corrected chi connectivity index (χ0v) is 12.0. The van der Waals surface area contributed by atoms with Gasteiger partial charge in [0.1, 0.15) is 0 Å². The topological polar surface area (TPSA) is 0 Å². The Hall–Kier alpha value is -1.60. The van der Waals surface area contributed by atoms with Crippen molar-refractivity contribution in [2.45, 2.75) is 5.92 Å². The van der Waals surface area contributed by atoms with Gasteiger partial charge in [-0.05, 0) is 33.0 Å². The number of halogens is 1. The molecule has 1 aliphatic carbocycles. The van der Waals surface area contributed by atoms with Crippen molar-refractivity contribution < 1.29 is 0 Å². The van der Waals surface area contributed by atoms with Crippen LogP contribution in [-0.4, -0.2) is 5.33 Å². The van der Waals surface area contributed by atoms with Gasteiger partial charge in [0.25, 0.3) is 0 Å². The number of benzene rings is 3. The van der Waals surface area contributed by atoms with Crippen molar-refractivity contribution in [1.82, 2.24) is 0 Å². The van der Waals surface area contributed by atoms with E-state index in [4.69, 9.17) is 0 Å². The van der Waals surface area contributed by atoms with Gasteiger partial charge in [-0.15, -0.1) is 0 Å². The fourth-order valence-corrected chi connectivity index (χ4v) is 3.96. The summed E-state index contributed by atoms with van der Waals surface area (Å²) in [4.78, 5) is 0. The zero-order chi connectivity index (χ0) is 12.8. The van der Waals surface area contributed by atoms with Crippen LogP contribution < -0.4 is 0 Å². The maximum Gasteiger partial charge on any atom is 0.0199 e. The molecule has 0 amide bonds. The van der Waals surface area contributed by atoms with Crippen molar-refractivity contribution in [3.05, 3.63) is 71.8 Å². The molecule has 3 aromatic rings. The van der Waals surface area contributed by atoms with Crippen LogP contribution in [0.3, 0.4) is 0 Å². The predicted octanol–water partition coefficient (Wildman–Crippen LogP) is 5.35. The summed E-state index contributed by atoms with van der Waals surface area (Å²) in [7, 11) is 0. The molecule has 19 heavy (non-hydrogen) atoms. The molecule has 1 atom stereocenters. The van der Waals surface area contributed by atoms with Gasteiger partial charge in [0.2, 0.25) is 0 Å². The van der Waals surface area contributed by atoms with Crippen molar-refractivity contribution in [3.8, 4) is 11.1 Å². The molecule has 0 radical (unpaired) electrons. The zero-order valence-electron chi connectivity index (χ0n) is 10.4. The first-order chi connectivity index (χ1) is 9.40. The Morgan fingerprint density at radius 1 is 0.737 bits per heavy atom. The molecule has 1 aliphatic rings. The molecule has 0 aliphatic heterocycles. The van der Waals surface area contributed by atoms with Gasteiger partial charge in [-0.1, -0.05) is 76.6 Å². The molecule has 0 fully saturated rings. The monoisotopic (exact) mass is 308 g/mol. The van der Waals surface area contributed by atoms with Crippen LogP contribution >= 0.6 is 15.9 Å². The number of rotatable bonds is 1. The SMILES string of the molecule is BrCC1c2ccccc2-c2cccc3cccc1c23. The van der Waals surface area contributed by atoms with Crippen molar-refractivity contribution in [2.75, 3.05) is 5.33 Å². The van der Waals surface area contributed by atoms with Gasteiger partial charge < -0.3 is 0 Å². The standard InChI is InChI=1S/C18H13Br/c19-11-17-14-8-2-1-7-13(14)15-9-3-5-12-6-4-10-16(17)18(12)15/h1-10,17H,11H2. The van der Waals surface area contributed by atoms with E-state index in [2.05, 4.69) is 76.6 Å². The summed E-state index contributed by atoms with van der Waals surface area (Å²) in [5.41, 5.74) is 5.64. The van der Waals surface area contributed by atoms with Gasteiger partial charge in [-0.25, -0.2) is 0 Å². The largest absolute Gasteiger partial charge is 0.0918 e. The average Bonchev–Trinajstić information content (AvgIpc) is 2.48. The normalized spacial score (nSPS) is 16.4. The van der Waals surface area contributed by atoms with E-state index < -0.39 is 0 Å². The number of fused-ring (bicyclic) bond motifs is 2. The van der Waals surface area contributed by atoms with Crippen LogP contribution in [0.5, 0.6) is 0 Å². The van der Waals surface area contributed by atoms with Gasteiger partial charge in [0.15, 0.2) is 0 Å². The van der Waals surface area contributed by atoms with Crippen LogP contribution in [0.1, 0.15) is 17.0 Å². The highest BCUT2D eigenvalue weighted by atomic mass is 79.9. The Kier molecular flexibility index (Phi) is 2.49. The van der Waals surface area contributed by atoms with E-state index in [9.17, 15) is 0 Å². The van der Waals surface area contributed by atoms with E-state index in [1.54, 1.807) is 0 Å². The Labute approximate surface area is 121 Å². The minimum atomic E-state index is 0.454. The minimum absolute atomic E-state index is 0.454. The van der Waals surface area contributed by atoms with Crippen molar-refractivity contribution in [3.63, 3.8) is 0 Å². The summed E-state index contributed by atoms with van der Waals surface area (Å²) in [5.74, 6) is 0.454. The molecule has 0 heterocycles. The second-order valence-corrected chi connectivity index (χ2v) is 5.69. The fraction of sp³-hybridized carbons (Fsp3) is 0.111. The molecule has 0 saturated carbocycles. The van der Waals surface area contributed by atoms with Crippen LogP contribution in [0.4, 0.5) is 0 Å². The fourth-order valence-electron chi connectivity index (χ4n) is 3.26. The summed E-state index contributed by atoms with van der Waals surface area (Å²) >= 11 is 3.70. The van der Waals surface area contributed by atoms with Crippen LogP contribution in [0.2, 0.25) is 0 Å². The molecule has 0 spiro atoms. The number of hydrogen-bond donors (Lipinski definition) is 0. The molecule has 4 rings (SSSR count). The lowest BCUT2D eigenvalue weighted by molar-refractivity contribution is 0.950. The molecule has 0 saturated heterocycles. The highest BCUT2D eigenvalue weighted by Crippen LogP contribution is 2.45. The predicted molar refractivity (Wildman–Crippen MR) is 85.0 cm³/mol. The Morgan fingerprint density at radius 2 is 1.42 bits per heavy atom. The molecule has 0 N–H and O–H groups in total. The second-order valence-electron chi connectivity index (χ2n) is 5.05. The van der Waals surface area contributed by atoms with E-state index in [0.717, 1.165) is 5.33 Å². The van der Waals surface area contributed by atoms with Crippen molar-refractivity contribution >= 4 is 26.7 Å². The minimum Gasteiger partial charge on any atom is -0.0918 e. The maximum absolute atomic E-state index is 3.70. The van der Waals surface area contributed by atoms with Crippen LogP contribution in [0.15, 0.2) is 60.7 Å². The van der Waals surface area contributed by atoms with Gasteiger partial charge in [-0.2, -0.15) is 0 Å². The lowest BCUT2D eigenvalue weighted by Crippen LogP contribution is -2.09. The first-order valence-corrected chi connectivity index (χ1v) is 7.69. The van der Waals surface area contributed by atoms with E-state index >= 15 is 0 Å². The Morgan fingerprint density at radius 3 is 2.26 bits per heavy atom. The average molecular weight is 309 g/mol. The van der Waals surface area contributed by atoms with Gasteiger partial charge >= 0.3 is 0 Å². The van der Waals surface area contributed by atoms with Gasteiger partial charge in [0.05, 0.1) is 0 Å². The molecule has 1 unspecified atom stereocenters. The third kappa shape index (κ3) is 1.51. The number of hydrogen-bond acceptors (Lipinski definition) is 0. The smallest absolute Gasteiger partial charge is 0.0199 e. The molecule has 0 nitrogen and oxygen atoms in total. The number of alkyl halides is 1. The summed E-state index contributed by atoms with van der Waals surface area (Å²) in [5, 5.41) is 3.74. The summed E-state index contributed by atoms with van der Waals surface area (Å²) in [6.45, 7) is 0. The van der Waals surface area contributed by atoms with Crippen LogP contribution in [-0.2, 0) is 0 Å². The Balaban J connectivity index is 2.21. The molecular formula is C18H13Br.